The van der Waals surface area contributed by atoms with Crippen molar-refractivity contribution in [2.24, 2.45) is 0 Å². The van der Waals surface area contributed by atoms with Crippen molar-refractivity contribution < 1.29 is 9.32 Å². The van der Waals surface area contributed by atoms with Crippen molar-refractivity contribution >= 4 is 21.0 Å². The third-order valence-electron chi connectivity index (χ3n) is 1.50. The van der Waals surface area contributed by atoms with Gasteiger partial charge >= 0.3 is 10.0 Å². The Kier molecular flexibility index (Phi) is 1.76. The van der Waals surface area contributed by atoms with Crippen LogP contribution in [0.4, 0.5) is 0 Å². The van der Waals surface area contributed by atoms with Gasteiger partial charge in [0.25, 0.3) is 0 Å². The molecule has 0 atom stereocenters. The summed E-state index contributed by atoms with van der Waals surface area (Å²) in [6, 6.07) is 7.41. The van der Waals surface area contributed by atoms with Crippen LogP contribution < -0.4 is 4.53 Å². The Bertz CT molecular complexity index is 389. The van der Waals surface area contributed by atoms with Gasteiger partial charge in [0.2, 0.25) is 0 Å². The first-order valence-corrected chi connectivity index (χ1v) is 4.67. The summed E-state index contributed by atoms with van der Waals surface area (Å²) in [4.78, 5) is 9.88. The molecule has 1 aromatic heterocycles. The molecule has 1 aromatic carbocycles. The summed E-state index contributed by atoms with van der Waals surface area (Å²) >= 11 is 0. The van der Waals surface area contributed by atoms with E-state index in [1.807, 2.05) is 24.3 Å². The number of aromatic nitrogens is 3. The summed E-state index contributed by atoms with van der Waals surface area (Å²) in [7, 11) is -1.48. The first kappa shape index (κ1) is 7.26. The van der Waals surface area contributed by atoms with Gasteiger partial charge in [0, 0.05) is 0 Å². The molecule has 0 fully saturated rings. The lowest BCUT2D eigenvalue weighted by Gasteiger charge is -1.99. The lowest BCUT2D eigenvalue weighted by atomic mass is 10.3. The zero-order chi connectivity index (χ0) is 8.39. The monoisotopic (exact) mass is 181 g/mol. The van der Waals surface area contributed by atoms with Crippen molar-refractivity contribution in [2.75, 3.05) is 0 Å². The molecular weight excluding hydrogens is 174 g/mol. The van der Waals surface area contributed by atoms with E-state index < -0.39 is 10.0 Å². The minimum Gasteiger partial charge on any atom is -0.427 e. The van der Waals surface area contributed by atoms with Gasteiger partial charge in [-0.05, 0) is 17.3 Å². The third kappa shape index (κ3) is 1.06. The summed E-state index contributed by atoms with van der Waals surface area (Å²) in [5.74, 6) is 0. The Hall–Kier alpha value is -1.40. The van der Waals surface area contributed by atoms with Crippen LogP contribution in [0.5, 0.6) is 0 Å². The second kappa shape index (κ2) is 2.92. The standard InChI is InChI=1S/C6H7N3O2Si/c10-12-11-9-6-4-2-1-3-5(6)7-8-9/h1-4,10H,12H2. The van der Waals surface area contributed by atoms with E-state index in [9.17, 15) is 0 Å². The number of para-hydroxylation sites is 1. The van der Waals surface area contributed by atoms with Crippen molar-refractivity contribution in [1.29, 1.82) is 0 Å². The molecule has 1 heterocycles. The van der Waals surface area contributed by atoms with Gasteiger partial charge in [-0.1, -0.05) is 17.0 Å². The molecule has 0 saturated heterocycles. The van der Waals surface area contributed by atoms with Gasteiger partial charge in [0.1, 0.15) is 11.0 Å². The van der Waals surface area contributed by atoms with Crippen molar-refractivity contribution in [3.8, 4) is 0 Å². The van der Waals surface area contributed by atoms with Gasteiger partial charge in [0.15, 0.2) is 0 Å². The summed E-state index contributed by atoms with van der Waals surface area (Å²) in [6.07, 6.45) is 0. The van der Waals surface area contributed by atoms with Crippen LogP contribution in [-0.2, 0) is 0 Å². The van der Waals surface area contributed by atoms with Crippen LogP contribution in [0.15, 0.2) is 24.3 Å². The van der Waals surface area contributed by atoms with Gasteiger partial charge in [0.05, 0.1) is 0 Å². The molecule has 2 rings (SSSR count). The van der Waals surface area contributed by atoms with E-state index in [4.69, 9.17) is 9.32 Å². The van der Waals surface area contributed by atoms with E-state index in [0.29, 0.717) is 0 Å². The van der Waals surface area contributed by atoms with Gasteiger partial charge in [-0.25, -0.2) is 0 Å². The summed E-state index contributed by atoms with van der Waals surface area (Å²) in [5.41, 5.74) is 1.54. The smallest absolute Gasteiger partial charge is 0.393 e. The minimum absolute atomic E-state index is 0.764. The maximum atomic E-state index is 8.63. The topological polar surface area (TPSA) is 60.2 Å². The van der Waals surface area contributed by atoms with E-state index in [2.05, 4.69) is 10.3 Å². The molecular formula is C6H7N3O2Si. The predicted molar refractivity (Wildman–Crippen MR) is 44.9 cm³/mol. The lowest BCUT2D eigenvalue weighted by Crippen LogP contribution is -2.16. The van der Waals surface area contributed by atoms with E-state index in [1.54, 1.807) is 0 Å². The Balaban J connectivity index is 2.55. The average Bonchev–Trinajstić information content (AvgIpc) is 2.50. The molecule has 0 unspecified atom stereocenters. The van der Waals surface area contributed by atoms with Gasteiger partial charge in [-0.2, -0.15) is 0 Å². The number of benzene rings is 1. The van der Waals surface area contributed by atoms with Crippen molar-refractivity contribution in [3.05, 3.63) is 24.3 Å². The van der Waals surface area contributed by atoms with E-state index >= 15 is 0 Å². The summed E-state index contributed by atoms with van der Waals surface area (Å²) in [6.45, 7) is 0. The molecule has 0 spiro atoms. The number of hydrogen-bond donors (Lipinski definition) is 1. The van der Waals surface area contributed by atoms with Crippen molar-refractivity contribution in [3.63, 3.8) is 0 Å². The average molecular weight is 181 g/mol. The molecule has 12 heavy (non-hydrogen) atoms. The summed E-state index contributed by atoms with van der Waals surface area (Å²) < 4.78 is 4.90. The first-order valence-electron chi connectivity index (χ1n) is 3.46. The fourth-order valence-corrected chi connectivity index (χ4v) is 1.30. The second-order valence-corrected chi connectivity index (χ2v) is 2.73. The quantitative estimate of drug-likeness (QED) is 0.594. The SMILES string of the molecule is O[SiH2]On1nnc2ccccc21. The molecule has 6 heteroatoms. The number of fused-ring (bicyclic) bond motifs is 1. The van der Waals surface area contributed by atoms with Crippen LogP contribution in [0.2, 0.25) is 0 Å². The Morgan fingerprint density at radius 2 is 2.25 bits per heavy atom. The van der Waals surface area contributed by atoms with Crippen molar-refractivity contribution in [2.45, 2.75) is 0 Å². The number of rotatable bonds is 2. The maximum absolute atomic E-state index is 8.63. The summed E-state index contributed by atoms with van der Waals surface area (Å²) in [5, 5.41) is 7.54. The normalized spacial score (nSPS) is 11.4. The Morgan fingerprint density at radius 3 is 3.08 bits per heavy atom. The molecule has 1 N–H and O–H groups in total. The second-order valence-electron chi connectivity index (χ2n) is 2.21. The molecule has 2 aromatic rings. The molecule has 0 aliphatic carbocycles. The zero-order valence-electron chi connectivity index (χ0n) is 6.21. The number of nitrogens with zero attached hydrogens (tertiary/aromatic N) is 3. The third-order valence-corrected chi connectivity index (χ3v) is 1.86. The Morgan fingerprint density at radius 1 is 1.42 bits per heavy atom. The van der Waals surface area contributed by atoms with Crippen LogP contribution in [-0.4, -0.2) is 30.0 Å². The molecule has 0 saturated carbocycles. The van der Waals surface area contributed by atoms with Gasteiger partial charge in [-0.15, -0.1) is 5.10 Å². The van der Waals surface area contributed by atoms with E-state index in [-0.39, 0.29) is 0 Å². The molecule has 62 valence electrons. The van der Waals surface area contributed by atoms with E-state index in [0.717, 1.165) is 11.0 Å². The van der Waals surface area contributed by atoms with Crippen LogP contribution >= 0.6 is 0 Å². The van der Waals surface area contributed by atoms with E-state index in [1.165, 1.54) is 4.85 Å². The highest BCUT2D eigenvalue weighted by atomic mass is 28.2. The highest BCUT2D eigenvalue weighted by Gasteiger charge is 2.01. The molecule has 0 aliphatic heterocycles. The largest absolute Gasteiger partial charge is 0.427 e. The lowest BCUT2D eigenvalue weighted by molar-refractivity contribution is 0.217. The fraction of sp³-hybridized carbons (Fsp3) is 0. The fourth-order valence-electron chi connectivity index (χ4n) is 0.998. The molecule has 0 amide bonds. The van der Waals surface area contributed by atoms with Gasteiger partial charge < -0.3 is 9.32 Å². The molecule has 5 nitrogen and oxygen atoms in total. The van der Waals surface area contributed by atoms with Crippen LogP contribution in [0, 0.1) is 0 Å². The van der Waals surface area contributed by atoms with Crippen LogP contribution in [0.3, 0.4) is 0 Å². The van der Waals surface area contributed by atoms with Gasteiger partial charge in [-0.3, -0.25) is 0 Å². The predicted octanol–water partition coefficient (Wildman–Crippen LogP) is -1.15. The number of hydrogen-bond acceptors (Lipinski definition) is 4. The first-order chi connectivity index (χ1) is 5.92. The maximum Gasteiger partial charge on any atom is 0.393 e. The highest BCUT2D eigenvalue weighted by molar-refractivity contribution is 6.16. The highest BCUT2D eigenvalue weighted by Crippen LogP contribution is 2.07. The molecule has 0 bridgehead atoms. The minimum atomic E-state index is -1.48. The van der Waals surface area contributed by atoms with Crippen LogP contribution in [0.1, 0.15) is 0 Å². The molecule has 0 aliphatic rings. The Labute approximate surface area is 70.6 Å². The van der Waals surface area contributed by atoms with Crippen molar-refractivity contribution in [1.82, 2.24) is 15.2 Å². The molecule has 0 radical (unpaired) electrons. The zero-order valence-corrected chi connectivity index (χ0v) is 7.63. The van der Waals surface area contributed by atoms with Crippen LogP contribution in [0.25, 0.3) is 11.0 Å².